The molecule has 0 radical (unpaired) electrons. The van der Waals surface area contributed by atoms with E-state index in [1.807, 2.05) is 13.1 Å². The third kappa shape index (κ3) is 3.76. The Labute approximate surface area is 103 Å². The SMILES string of the molecule is CCC(CC)c1cc(CNC(=NC)NC)on1. The average molecular weight is 238 g/mol. The van der Waals surface area contributed by atoms with Gasteiger partial charge in [-0.05, 0) is 12.8 Å². The van der Waals surface area contributed by atoms with E-state index < -0.39 is 0 Å². The van der Waals surface area contributed by atoms with Crippen LogP contribution in [0.4, 0.5) is 0 Å². The van der Waals surface area contributed by atoms with Crippen molar-refractivity contribution in [3.63, 3.8) is 0 Å². The molecule has 0 fully saturated rings. The van der Waals surface area contributed by atoms with E-state index in [0.717, 1.165) is 30.3 Å². The summed E-state index contributed by atoms with van der Waals surface area (Å²) in [5, 5.41) is 10.2. The molecule has 2 N–H and O–H groups in total. The predicted octanol–water partition coefficient (Wildman–Crippen LogP) is 1.87. The molecule has 0 amide bonds. The predicted molar refractivity (Wildman–Crippen MR) is 69.1 cm³/mol. The van der Waals surface area contributed by atoms with Crippen molar-refractivity contribution < 1.29 is 4.52 Å². The van der Waals surface area contributed by atoms with Gasteiger partial charge in [0.05, 0.1) is 12.2 Å². The first kappa shape index (κ1) is 13.5. The van der Waals surface area contributed by atoms with Gasteiger partial charge in [-0.2, -0.15) is 0 Å². The number of nitrogens with one attached hydrogen (secondary N) is 2. The van der Waals surface area contributed by atoms with E-state index in [4.69, 9.17) is 4.52 Å². The molecule has 0 aliphatic heterocycles. The lowest BCUT2D eigenvalue weighted by Gasteiger charge is -2.06. The smallest absolute Gasteiger partial charge is 0.191 e. The molecule has 0 aliphatic rings. The minimum absolute atomic E-state index is 0.496. The van der Waals surface area contributed by atoms with Crippen LogP contribution in [0.15, 0.2) is 15.6 Å². The topological polar surface area (TPSA) is 62.5 Å². The number of rotatable bonds is 5. The Balaban J connectivity index is 2.56. The van der Waals surface area contributed by atoms with Crippen LogP contribution in [0.1, 0.15) is 44.1 Å². The summed E-state index contributed by atoms with van der Waals surface area (Å²) >= 11 is 0. The zero-order valence-electron chi connectivity index (χ0n) is 11.1. The van der Waals surface area contributed by atoms with Crippen LogP contribution in [-0.4, -0.2) is 25.2 Å². The highest BCUT2D eigenvalue weighted by Gasteiger charge is 2.12. The molecule has 5 nitrogen and oxygen atoms in total. The fourth-order valence-electron chi connectivity index (χ4n) is 1.76. The maximum atomic E-state index is 5.29. The van der Waals surface area contributed by atoms with Gasteiger partial charge < -0.3 is 15.2 Å². The Bertz CT molecular complexity index is 355. The minimum Gasteiger partial charge on any atom is -0.359 e. The van der Waals surface area contributed by atoms with Gasteiger partial charge in [-0.25, -0.2) is 0 Å². The standard InChI is InChI=1S/C12H22N4O/c1-5-9(6-2)11-7-10(17-16-11)8-15-12(13-3)14-4/h7,9H,5-6,8H2,1-4H3,(H2,13,14,15). The van der Waals surface area contributed by atoms with E-state index in [9.17, 15) is 0 Å². The molecular weight excluding hydrogens is 216 g/mol. The molecule has 1 aromatic heterocycles. The summed E-state index contributed by atoms with van der Waals surface area (Å²) in [4.78, 5) is 4.03. The molecule has 0 bridgehead atoms. The van der Waals surface area contributed by atoms with Gasteiger partial charge in [0.1, 0.15) is 0 Å². The summed E-state index contributed by atoms with van der Waals surface area (Å²) in [5.41, 5.74) is 1.05. The first-order valence-electron chi connectivity index (χ1n) is 6.08. The van der Waals surface area contributed by atoms with Crippen molar-refractivity contribution in [1.29, 1.82) is 0 Å². The van der Waals surface area contributed by atoms with Crippen LogP contribution in [0.25, 0.3) is 0 Å². The largest absolute Gasteiger partial charge is 0.359 e. The summed E-state index contributed by atoms with van der Waals surface area (Å²) in [6.07, 6.45) is 2.18. The van der Waals surface area contributed by atoms with Crippen molar-refractivity contribution >= 4 is 5.96 Å². The van der Waals surface area contributed by atoms with Crippen molar-refractivity contribution in [2.45, 2.75) is 39.2 Å². The van der Waals surface area contributed by atoms with Gasteiger partial charge in [0.15, 0.2) is 11.7 Å². The lowest BCUT2D eigenvalue weighted by Crippen LogP contribution is -2.33. The van der Waals surface area contributed by atoms with Gasteiger partial charge in [-0.1, -0.05) is 19.0 Å². The van der Waals surface area contributed by atoms with E-state index in [1.165, 1.54) is 0 Å². The highest BCUT2D eigenvalue weighted by molar-refractivity contribution is 5.79. The first-order chi connectivity index (χ1) is 8.24. The van der Waals surface area contributed by atoms with Gasteiger partial charge in [0.2, 0.25) is 0 Å². The van der Waals surface area contributed by atoms with Crippen molar-refractivity contribution in [1.82, 2.24) is 15.8 Å². The fourth-order valence-corrected chi connectivity index (χ4v) is 1.76. The molecule has 1 rings (SSSR count). The number of aromatic nitrogens is 1. The van der Waals surface area contributed by atoms with E-state index in [0.29, 0.717) is 12.5 Å². The molecule has 17 heavy (non-hydrogen) atoms. The molecule has 1 heterocycles. The van der Waals surface area contributed by atoms with Crippen LogP contribution < -0.4 is 10.6 Å². The van der Waals surface area contributed by atoms with Gasteiger partial charge >= 0.3 is 0 Å². The number of nitrogens with zero attached hydrogens (tertiary/aromatic N) is 2. The summed E-state index contributed by atoms with van der Waals surface area (Å²) in [6, 6.07) is 2.02. The van der Waals surface area contributed by atoms with E-state index in [2.05, 4.69) is 34.6 Å². The normalized spacial score (nSPS) is 11.9. The molecule has 0 unspecified atom stereocenters. The summed E-state index contributed by atoms with van der Waals surface area (Å²) in [5.74, 6) is 2.07. The molecule has 0 aromatic carbocycles. The fraction of sp³-hybridized carbons (Fsp3) is 0.667. The summed E-state index contributed by atoms with van der Waals surface area (Å²) in [6.45, 7) is 4.94. The van der Waals surface area contributed by atoms with Gasteiger partial charge in [0.25, 0.3) is 0 Å². The maximum absolute atomic E-state index is 5.29. The quantitative estimate of drug-likeness (QED) is 0.607. The molecule has 0 saturated carbocycles. The lowest BCUT2D eigenvalue weighted by atomic mass is 9.99. The Kier molecular flexibility index (Phi) is 5.52. The van der Waals surface area contributed by atoms with Crippen molar-refractivity contribution in [3.05, 3.63) is 17.5 Å². The maximum Gasteiger partial charge on any atom is 0.191 e. The highest BCUT2D eigenvalue weighted by atomic mass is 16.5. The monoisotopic (exact) mass is 238 g/mol. The minimum atomic E-state index is 0.496. The zero-order chi connectivity index (χ0) is 12.7. The van der Waals surface area contributed by atoms with Crippen LogP contribution in [0.2, 0.25) is 0 Å². The molecule has 0 saturated heterocycles. The van der Waals surface area contributed by atoms with Crippen molar-refractivity contribution in [3.8, 4) is 0 Å². The lowest BCUT2D eigenvalue weighted by molar-refractivity contribution is 0.368. The number of hydrogen-bond acceptors (Lipinski definition) is 3. The Morgan fingerprint density at radius 2 is 2.18 bits per heavy atom. The molecule has 5 heteroatoms. The van der Waals surface area contributed by atoms with Crippen LogP contribution in [0.3, 0.4) is 0 Å². The molecule has 0 spiro atoms. The van der Waals surface area contributed by atoms with Crippen molar-refractivity contribution in [2.75, 3.05) is 14.1 Å². The van der Waals surface area contributed by atoms with Crippen LogP contribution >= 0.6 is 0 Å². The van der Waals surface area contributed by atoms with E-state index in [1.54, 1.807) is 7.05 Å². The molecule has 1 aromatic rings. The van der Waals surface area contributed by atoms with Gasteiger partial charge in [-0.3, -0.25) is 4.99 Å². The highest BCUT2D eigenvalue weighted by Crippen LogP contribution is 2.22. The molecule has 0 aliphatic carbocycles. The molecule has 96 valence electrons. The number of hydrogen-bond donors (Lipinski definition) is 2. The second kappa shape index (κ2) is 6.93. The van der Waals surface area contributed by atoms with Crippen LogP contribution in [0.5, 0.6) is 0 Å². The third-order valence-corrected chi connectivity index (χ3v) is 2.87. The summed E-state index contributed by atoms with van der Waals surface area (Å²) in [7, 11) is 3.56. The average Bonchev–Trinajstić information content (AvgIpc) is 2.81. The molecule has 0 atom stereocenters. The van der Waals surface area contributed by atoms with Gasteiger partial charge in [0, 0.05) is 26.1 Å². The first-order valence-corrected chi connectivity index (χ1v) is 6.08. The van der Waals surface area contributed by atoms with Crippen LogP contribution in [0, 0.1) is 0 Å². The second-order valence-electron chi connectivity index (χ2n) is 3.91. The van der Waals surface area contributed by atoms with Gasteiger partial charge in [-0.15, -0.1) is 0 Å². The molecular formula is C12H22N4O. The Morgan fingerprint density at radius 1 is 1.47 bits per heavy atom. The zero-order valence-corrected chi connectivity index (χ0v) is 11.1. The number of aliphatic imine (C=N–C) groups is 1. The van der Waals surface area contributed by atoms with E-state index in [-0.39, 0.29) is 0 Å². The summed E-state index contributed by atoms with van der Waals surface area (Å²) < 4.78 is 5.29. The second-order valence-corrected chi connectivity index (χ2v) is 3.91. The van der Waals surface area contributed by atoms with Crippen LogP contribution in [-0.2, 0) is 6.54 Å². The van der Waals surface area contributed by atoms with Crippen molar-refractivity contribution in [2.24, 2.45) is 4.99 Å². The third-order valence-electron chi connectivity index (χ3n) is 2.87. The Morgan fingerprint density at radius 3 is 2.71 bits per heavy atom. The number of guanidine groups is 1. The van der Waals surface area contributed by atoms with E-state index >= 15 is 0 Å². The Hall–Kier alpha value is -1.52.